The fraction of sp³-hybridized carbons (Fsp3) is 0.750. The molecule has 0 aliphatic carbocycles. The number of rotatable bonds is 0. The van der Waals surface area contributed by atoms with Crippen LogP contribution in [0.4, 0.5) is 4.79 Å². The molecule has 0 aromatic heterocycles. The number of halogens is 1. The molecule has 0 radical (unpaired) electrons. The first kappa shape index (κ1) is 23.7. The van der Waals surface area contributed by atoms with Crippen molar-refractivity contribution in [2.45, 2.75) is 17.8 Å². The van der Waals surface area contributed by atoms with Crippen LogP contribution in [0.1, 0.15) is 13.8 Å². The maximum absolute atomic E-state index is 8.33. The average molecular weight is 496 g/mol. The molecule has 0 fully saturated rings. The summed E-state index contributed by atoms with van der Waals surface area (Å²) in [7, 11) is 0. The van der Waals surface area contributed by atoms with Crippen molar-refractivity contribution in [3.05, 3.63) is 0 Å². The predicted octanol–water partition coefficient (Wildman–Crippen LogP) is -6.61. The van der Waals surface area contributed by atoms with E-state index in [4.69, 9.17) is 15.0 Å². The van der Waals surface area contributed by atoms with Crippen molar-refractivity contribution >= 4 is 28.7 Å². The van der Waals surface area contributed by atoms with Crippen LogP contribution in [0.3, 0.4) is 0 Å². The predicted molar refractivity (Wildman–Crippen MR) is 34.6 cm³/mol. The minimum atomic E-state index is -2.33. The van der Waals surface area contributed by atoms with E-state index < -0.39 is 6.16 Å². The number of carboxylic acid groups (broad SMARTS) is 2. The molecule has 0 amide bonds. The minimum Gasteiger partial charge on any atom is -0.652 e. The summed E-state index contributed by atoms with van der Waals surface area (Å²) >= 11 is 2.34. The van der Waals surface area contributed by atoms with Crippen molar-refractivity contribution in [2.24, 2.45) is 0 Å². The minimum absolute atomic E-state index is 0. The molecule has 0 aliphatic rings. The summed E-state index contributed by atoms with van der Waals surface area (Å²) in [5, 5.41) is 16.7. The molecule has 0 saturated heterocycles. The van der Waals surface area contributed by atoms with Crippen LogP contribution in [0.5, 0.6) is 0 Å². The summed E-state index contributed by atoms with van der Waals surface area (Å²) < 4.78 is 0.803. The van der Waals surface area contributed by atoms with Gasteiger partial charge in [-0.15, -0.1) is 0 Å². The fourth-order valence-electron chi connectivity index (χ4n) is 0. The molecule has 3 nitrogen and oxygen atoms in total. The van der Waals surface area contributed by atoms with Gasteiger partial charge in [-0.1, -0.05) is 36.4 Å². The third-order valence-corrected chi connectivity index (χ3v) is 0. The van der Waals surface area contributed by atoms with Gasteiger partial charge in [-0.05, 0) is 6.16 Å². The van der Waals surface area contributed by atoms with Crippen molar-refractivity contribution in [1.82, 2.24) is 0 Å². The standard InChI is InChI=1S/C3H7I.CH2O3.2Cs/c1-3(2)4;2-1(3)4;;/h3H,1-2H3;(H2,2,3,4);;/q;;2*+1/p-2. The maximum atomic E-state index is 8.33. The van der Waals surface area contributed by atoms with Gasteiger partial charge in [0.2, 0.25) is 0 Å². The topological polar surface area (TPSA) is 63.2 Å². The number of carbonyl (C=O) groups is 1. The Morgan fingerprint density at radius 3 is 1.30 bits per heavy atom. The Hall–Kier alpha value is 4.10. The normalized spacial score (nSPS) is 6.00. The number of alkyl halides is 1. The van der Waals surface area contributed by atoms with Crippen molar-refractivity contribution in [3.8, 4) is 0 Å². The molecule has 0 saturated carbocycles. The van der Waals surface area contributed by atoms with Crippen LogP contribution in [-0.2, 0) is 0 Å². The van der Waals surface area contributed by atoms with Crippen LogP contribution >= 0.6 is 22.6 Å². The summed E-state index contributed by atoms with van der Waals surface area (Å²) in [4.78, 5) is 8.33. The molecule has 0 aromatic rings. The zero-order chi connectivity index (χ0) is 7.15. The SMILES string of the molecule is CC(C)I.O=C([O-])[O-].[Cs+].[Cs+]. The largest absolute Gasteiger partial charge is 1.00 e. The molecule has 50 valence electrons. The van der Waals surface area contributed by atoms with Crippen LogP contribution in [0.25, 0.3) is 0 Å². The monoisotopic (exact) mass is 496 g/mol. The molecule has 0 spiro atoms. The summed E-state index contributed by atoms with van der Waals surface area (Å²) in [6.07, 6.45) is -2.33. The molecule has 0 aromatic carbocycles. The van der Waals surface area contributed by atoms with E-state index in [0.29, 0.717) is 0 Å². The van der Waals surface area contributed by atoms with E-state index in [9.17, 15) is 0 Å². The van der Waals surface area contributed by atoms with Gasteiger partial charge in [0.25, 0.3) is 0 Å². The molecule has 0 atom stereocenters. The first-order valence-electron chi connectivity index (χ1n) is 1.99. The summed E-state index contributed by atoms with van der Waals surface area (Å²) in [6.45, 7) is 4.31. The van der Waals surface area contributed by atoms with Gasteiger partial charge >= 0.3 is 138 Å². The Labute approximate surface area is 192 Å². The Morgan fingerprint density at radius 1 is 1.30 bits per heavy atom. The van der Waals surface area contributed by atoms with Crippen molar-refractivity contribution in [1.29, 1.82) is 0 Å². The van der Waals surface area contributed by atoms with Gasteiger partial charge in [0.1, 0.15) is 0 Å². The van der Waals surface area contributed by atoms with Gasteiger partial charge in [-0.25, -0.2) is 0 Å². The van der Waals surface area contributed by atoms with E-state index in [1.807, 2.05) is 0 Å². The fourth-order valence-corrected chi connectivity index (χ4v) is 0. The Bertz CT molecular complexity index is 62.8. The molecule has 6 heteroatoms. The summed E-state index contributed by atoms with van der Waals surface area (Å²) in [6, 6.07) is 0. The zero-order valence-corrected chi connectivity index (χ0v) is 21.4. The van der Waals surface area contributed by atoms with Crippen molar-refractivity contribution in [3.63, 3.8) is 0 Å². The molecular weight excluding hydrogens is 489 g/mol. The molecule has 0 heterocycles. The Kier molecular flexibility index (Phi) is 44.6. The van der Waals surface area contributed by atoms with Gasteiger partial charge < -0.3 is 15.0 Å². The molecule has 0 rings (SSSR count). The maximum Gasteiger partial charge on any atom is 1.00 e. The molecule has 10 heavy (non-hydrogen) atoms. The molecule has 0 unspecified atom stereocenters. The van der Waals surface area contributed by atoms with Crippen LogP contribution in [0.2, 0.25) is 0 Å². The van der Waals surface area contributed by atoms with Gasteiger partial charge in [-0.2, -0.15) is 0 Å². The van der Waals surface area contributed by atoms with Crippen LogP contribution in [-0.4, -0.2) is 10.1 Å². The summed E-state index contributed by atoms with van der Waals surface area (Å²) in [5.74, 6) is 0. The van der Waals surface area contributed by atoms with E-state index >= 15 is 0 Å². The van der Waals surface area contributed by atoms with E-state index in [-0.39, 0.29) is 138 Å². The number of hydrogen-bond donors (Lipinski definition) is 0. The average Bonchev–Trinajstić information content (AvgIpc) is 1.25. The van der Waals surface area contributed by atoms with Crippen LogP contribution in [0, 0.1) is 0 Å². The number of hydrogen-bond acceptors (Lipinski definition) is 3. The van der Waals surface area contributed by atoms with E-state index in [1.54, 1.807) is 0 Å². The van der Waals surface area contributed by atoms with Gasteiger partial charge in [0, 0.05) is 3.92 Å². The molecule has 0 bridgehead atoms. The van der Waals surface area contributed by atoms with Crippen LogP contribution < -0.4 is 148 Å². The first-order chi connectivity index (χ1) is 3.46. The van der Waals surface area contributed by atoms with E-state index in [1.165, 1.54) is 0 Å². The molecule has 0 aliphatic heterocycles. The van der Waals surface area contributed by atoms with Gasteiger partial charge in [-0.3, -0.25) is 0 Å². The smallest absolute Gasteiger partial charge is 0.652 e. The Balaban J connectivity index is -0.0000000300. The number of carbonyl (C=O) groups excluding carboxylic acids is 1. The summed E-state index contributed by atoms with van der Waals surface area (Å²) in [5.41, 5.74) is 0. The third-order valence-electron chi connectivity index (χ3n) is 0. The van der Waals surface area contributed by atoms with E-state index in [0.717, 1.165) is 3.92 Å². The molecular formula is C4H7Cs2IO3. The van der Waals surface area contributed by atoms with E-state index in [2.05, 4.69) is 36.4 Å². The third kappa shape index (κ3) is 88.6. The second kappa shape index (κ2) is 18.8. The van der Waals surface area contributed by atoms with Crippen molar-refractivity contribution in [2.75, 3.05) is 0 Å². The van der Waals surface area contributed by atoms with Gasteiger partial charge in [0.05, 0.1) is 0 Å². The second-order valence-electron chi connectivity index (χ2n) is 1.26. The quantitative estimate of drug-likeness (QED) is 0.248. The molecule has 0 N–H and O–H groups in total. The second-order valence-corrected chi connectivity index (χ2v) is 3.76. The Morgan fingerprint density at radius 2 is 1.30 bits per heavy atom. The van der Waals surface area contributed by atoms with Crippen molar-refractivity contribution < 1.29 is 153 Å². The first-order valence-corrected chi connectivity index (χ1v) is 3.23. The zero-order valence-electron chi connectivity index (χ0n) is 6.68. The van der Waals surface area contributed by atoms with Gasteiger partial charge in [0.15, 0.2) is 0 Å². The van der Waals surface area contributed by atoms with Crippen LogP contribution in [0.15, 0.2) is 0 Å².